The monoisotopic (exact) mass is 768 g/mol. The summed E-state index contributed by atoms with van der Waals surface area (Å²) in [5.74, 6) is -9.19. The van der Waals surface area contributed by atoms with Crippen molar-refractivity contribution in [1.29, 1.82) is 0 Å². The lowest BCUT2D eigenvalue weighted by molar-refractivity contribution is -0.144. The number of nitrogens with two attached hydrogens (primary N) is 1. The van der Waals surface area contributed by atoms with Crippen molar-refractivity contribution >= 4 is 41.3 Å². The van der Waals surface area contributed by atoms with Crippen molar-refractivity contribution in [3.05, 3.63) is 59.7 Å². The first-order valence-electron chi connectivity index (χ1n) is 18.2. The summed E-state index contributed by atoms with van der Waals surface area (Å²) in [6.45, 7) is 13.4. The molecule has 0 fully saturated rings. The number of nitrogens with one attached hydrogen (secondary N) is 5. The van der Waals surface area contributed by atoms with E-state index in [9.17, 15) is 48.9 Å². The van der Waals surface area contributed by atoms with Crippen LogP contribution in [0.15, 0.2) is 48.5 Å². The van der Waals surface area contributed by atoms with Crippen molar-refractivity contribution in [1.82, 2.24) is 26.6 Å². The quantitative estimate of drug-likeness (QED) is 0.0870. The van der Waals surface area contributed by atoms with Crippen LogP contribution in [0.4, 0.5) is 0 Å². The number of rotatable bonds is 20. The Morgan fingerprint density at radius 2 is 1.16 bits per heavy atom. The van der Waals surface area contributed by atoms with E-state index >= 15 is 0 Å². The summed E-state index contributed by atoms with van der Waals surface area (Å²) >= 11 is 0. The van der Waals surface area contributed by atoms with Gasteiger partial charge in [-0.05, 0) is 53.4 Å². The number of benzene rings is 2. The largest absolute Gasteiger partial charge is 0.508 e. The van der Waals surface area contributed by atoms with Crippen molar-refractivity contribution in [3.63, 3.8) is 0 Å². The van der Waals surface area contributed by atoms with Crippen LogP contribution < -0.4 is 32.3 Å². The maximum absolute atomic E-state index is 14.0. The molecule has 10 N–H and O–H groups in total. The number of hydrogen-bond acceptors (Lipinski definition) is 10. The van der Waals surface area contributed by atoms with Gasteiger partial charge < -0.3 is 47.6 Å². The molecule has 302 valence electrons. The molecule has 0 unspecified atom stereocenters. The number of carbonyl (C=O) groups is 7. The summed E-state index contributed by atoms with van der Waals surface area (Å²) in [6, 6.07) is 3.94. The number of Topliss-reactive ketones (excluding diaryl/α,β-unsaturated/α-hetero) is 1. The molecule has 0 bridgehead atoms. The lowest BCUT2D eigenvalue weighted by Crippen LogP contribution is -2.59. The molecule has 0 saturated carbocycles. The number of carbonyl (C=O) groups excluding carboxylic acids is 6. The zero-order valence-corrected chi connectivity index (χ0v) is 32.6. The van der Waals surface area contributed by atoms with E-state index in [1.165, 1.54) is 0 Å². The highest BCUT2D eigenvalue weighted by molar-refractivity contribution is 6.39. The van der Waals surface area contributed by atoms with Crippen molar-refractivity contribution in [2.75, 3.05) is 0 Å². The molecule has 5 amide bonds. The van der Waals surface area contributed by atoms with E-state index in [4.69, 9.17) is 5.73 Å². The molecule has 0 saturated heterocycles. The van der Waals surface area contributed by atoms with Gasteiger partial charge in [0.15, 0.2) is 0 Å². The molecule has 0 radical (unpaired) electrons. The fraction of sp³-hybridized carbons (Fsp3) is 0.513. The molecule has 2 aromatic carbocycles. The summed E-state index contributed by atoms with van der Waals surface area (Å²) in [7, 11) is 0. The zero-order chi connectivity index (χ0) is 41.7. The van der Waals surface area contributed by atoms with Crippen molar-refractivity contribution < 1.29 is 48.9 Å². The number of phenolic OH excluding ortho intramolecular Hbond substituents is 2. The lowest BCUT2D eigenvalue weighted by atomic mass is 9.97. The van der Waals surface area contributed by atoms with Crippen molar-refractivity contribution in [2.45, 2.75) is 104 Å². The van der Waals surface area contributed by atoms with E-state index in [-0.39, 0.29) is 30.2 Å². The van der Waals surface area contributed by atoms with Crippen LogP contribution in [0.5, 0.6) is 11.5 Å². The fourth-order valence-electron chi connectivity index (χ4n) is 5.58. The smallest absolute Gasteiger partial charge is 0.326 e. The Morgan fingerprint density at radius 3 is 1.65 bits per heavy atom. The Morgan fingerprint density at radius 1 is 0.618 bits per heavy atom. The summed E-state index contributed by atoms with van der Waals surface area (Å²) in [5.41, 5.74) is 6.59. The Labute approximate surface area is 321 Å². The first-order valence-corrected chi connectivity index (χ1v) is 18.2. The zero-order valence-electron chi connectivity index (χ0n) is 32.6. The molecule has 6 atom stereocenters. The van der Waals surface area contributed by atoms with Gasteiger partial charge in [0, 0.05) is 12.5 Å². The highest BCUT2D eigenvalue weighted by Crippen LogP contribution is 2.26. The van der Waals surface area contributed by atoms with E-state index in [1.807, 2.05) is 0 Å². The first-order chi connectivity index (χ1) is 25.6. The summed E-state index contributed by atoms with van der Waals surface area (Å²) < 4.78 is 0. The van der Waals surface area contributed by atoms with E-state index in [1.54, 1.807) is 85.7 Å². The average Bonchev–Trinajstić information content (AvgIpc) is 3.09. The van der Waals surface area contributed by atoms with E-state index < -0.39 is 101 Å². The van der Waals surface area contributed by atoms with E-state index in [2.05, 4.69) is 26.6 Å². The molecule has 16 nitrogen and oxygen atoms in total. The van der Waals surface area contributed by atoms with Gasteiger partial charge in [-0.2, -0.15) is 0 Å². The Hall–Kier alpha value is -5.51. The van der Waals surface area contributed by atoms with Crippen LogP contribution in [0.25, 0.3) is 0 Å². The molecule has 0 spiro atoms. The molecule has 0 aliphatic rings. The second-order valence-electron chi connectivity index (χ2n) is 15.1. The minimum atomic E-state index is -1.53. The SMILES string of the molecule is CC(C)C[C@H](NC(=O)[C@@H](NC(=O)[C@@H](N)C(C)C)c1cc(O)cc(O)c1)C(=O)N[C@@H](Cc1ccccc1)C(=O)C(=O)N[C@H](C(=O)N[C@H](C(=O)O)C(C)C)C(C)C. The number of ketones is 1. The molecule has 0 aliphatic carbocycles. The van der Waals surface area contributed by atoms with E-state index in [0.29, 0.717) is 5.56 Å². The van der Waals surface area contributed by atoms with Crippen LogP contribution in [0.3, 0.4) is 0 Å². The molecule has 55 heavy (non-hydrogen) atoms. The molecular formula is C39H56N6O10. The number of aromatic hydroxyl groups is 2. The number of phenols is 2. The fourth-order valence-corrected chi connectivity index (χ4v) is 5.58. The van der Waals surface area contributed by atoms with Gasteiger partial charge in [-0.25, -0.2) is 4.79 Å². The van der Waals surface area contributed by atoms with Gasteiger partial charge in [0.25, 0.3) is 5.91 Å². The minimum absolute atomic E-state index is 0.0105. The summed E-state index contributed by atoms with van der Waals surface area (Å²) in [6.07, 6.45) is -0.105. The summed E-state index contributed by atoms with van der Waals surface area (Å²) in [5, 5.41) is 42.4. The van der Waals surface area contributed by atoms with Gasteiger partial charge in [-0.1, -0.05) is 85.7 Å². The third kappa shape index (κ3) is 14.0. The third-order valence-electron chi connectivity index (χ3n) is 8.77. The highest BCUT2D eigenvalue weighted by atomic mass is 16.4. The van der Waals surface area contributed by atoms with Crippen LogP contribution >= 0.6 is 0 Å². The second kappa shape index (κ2) is 20.8. The van der Waals surface area contributed by atoms with Gasteiger partial charge in [0.05, 0.1) is 6.04 Å². The average molecular weight is 769 g/mol. The Balaban J connectivity index is 2.45. The number of aliphatic carboxylic acids is 1. The third-order valence-corrected chi connectivity index (χ3v) is 8.77. The number of hydrogen-bond donors (Lipinski definition) is 9. The molecule has 16 heteroatoms. The number of carboxylic acid groups (broad SMARTS) is 1. The molecule has 0 aliphatic heterocycles. The van der Waals surface area contributed by atoms with Crippen LogP contribution in [-0.2, 0) is 40.0 Å². The van der Waals surface area contributed by atoms with Gasteiger partial charge in [0.2, 0.25) is 29.4 Å². The standard InChI is InChI=1S/C39H56N6O10/c1-19(2)14-28(42-37(52)32(45-35(50)29(40)20(3)4)24-16-25(46)18-26(47)17-24)34(49)41-27(15-23-12-10-9-11-13-23)33(48)38(53)43-30(21(5)6)36(51)44-31(22(7)8)39(54)55/h9-13,16-22,27-32,46-47H,14-15,40H2,1-8H3,(H,41,49)(H,42,52)(H,43,53)(H,44,51)(H,45,50)(H,54,55)/t27-,28-,29-,30-,31-,32-/m0/s1. The number of carboxylic acids is 1. The normalized spacial score (nSPS) is 14.6. The predicted octanol–water partition coefficient (Wildman–Crippen LogP) is 1.43. The molecule has 0 heterocycles. The molecule has 0 aromatic heterocycles. The van der Waals surface area contributed by atoms with Gasteiger partial charge in [0.1, 0.15) is 41.7 Å². The topological polar surface area (TPSA) is 266 Å². The van der Waals surface area contributed by atoms with Gasteiger partial charge in [-0.3, -0.25) is 28.8 Å². The van der Waals surface area contributed by atoms with Crippen LogP contribution in [-0.4, -0.2) is 86.8 Å². The number of amides is 5. The molecule has 2 aromatic rings. The van der Waals surface area contributed by atoms with Gasteiger partial charge in [-0.15, -0.1) is 0 Å². The summed E-state index contributed by atoms with van der Waals surface area (Å²) in [4.78, 5) is 93.1. The maximum Gasteiger partial charge on any atom is 0.326 e. The highest BCUT2D eigenvalue weighted by Gasteiger charge is 2.36. The maximum atomic E-state index is 14.0. The van der Waals surface area contributed by atoms with Crippen LogP contribution in [0.1, 0.15) is 79.0 Å². The predicted molar refractivity (Wildman–Crippen MR) is 203 cm³/mol. The van der Waals surface area contributed by atoms with Crippen LogP contribution in [0.2, 0.25) is 0 Å². The van der Waals surface area contributed by atoms with Gasteiger partial charge >= 0.3 is 5.97 Å². The minimum Gasteiger partial charge on any atom is -0.508 e. The Kier molecular flexibility index (Phi) is 17.3. The lowest BCUT2D eigenvalue weighted by Gasteiger charge is -2.28. The molecular weight excluding hydrogens is 712 g/mol. The molecule has 2 rings (SSSR count). The van der Waals surface area contributed by atoms with E-state index in [0.717, 1.165) is 18.2 Å². The van der Waals surface area contributed by atoms with Crippen molar-refractivity contribution in [2.24, 2.45) is 29.4 Å². The Bertz CT molecular complexity index is 1660. The first kappa shape index (κ1) is 45.6. The van der Waals surface area contributed by atoms with Crippen molar-refractivity contribution in [3.8, 4) is 11.5 Å². The van der Waals surface area contributed by atoms with Crippen LogP contribution in [0, 0.1) is 23.7 Å². The second-order valence-corrected chi connectivity index (χ2v) is 15.1.